The average Bonchev–Trinajstić information content (AvgIpc) is 2.52. The Morgan fingerprint density at radius 1 is 1.25 bits per heavy atom. The van der Waals surface area contributed by atoms with Crippen LogP contribution in [-0.4, -0.2) is 44.7 Å². The number of nitrogens with one attached hydrogen (secondary N) is 1. The van der Waals surface area contributed by atoms with E-state index in [2.05, 4.69) is 41.4 Å². The van der Waals surface area contributed by atoms with Crippen LogP contribution in [0.4, 0.5) is 0 Å². The summed E-state index contributed by atoms with van der Waals surface area (Å²) in [5.41, 5.74) is 1.64. The molecule has 0 radical (unpaired) electrons. The number of ether oxygens (including phenoxy) is 1. The van der Waals surface area contributed by atoms with E-state index >= 15 is 0 Å². The first-order valence-electron chi connectivity index (χ1n) is 8.72. The zero-order valence-corrected chi connectivity index (χ0v) is 17.6. The van der Waals surface area contributed by atoms with E-state index in [1.165, 1.54) is 24.8 Å². The van der Waals surface area contributed by atoms with Crippen molar-refractivity contribution in [2.45, 2.75) is 39.2 Å². The summed E-state index contributed by atoms with van der Waals surface area (Å²) in [7, 11) is 4.09. The number of aliphatic imine (C=N–C) groups is 1. The molecule has 0 unspecified atom stereocenters. The number of halogens is 1. The first kappa shape index (κ1) is 21.2. The van der Waals surface area contributed by atoms with Crippen LogP contribution in [0.25, 0.3) is 0 Å². The number of guanidine groups is 1. The number of benzene rings is 1. The van der Waals surface area contributed by atoms with Crippen LogP contribution in [0.15, 0.2) is 35.3 Å². The molecule has 5 heteroatoms. The highest BCUT2D eigenvalue weighted by Gasteiger charge is 2.36. The molecule has 1 aliphatic rings. The molecule has 0 amide bonds. The quantitative estimate of drug-likeness (QED) is 0.285. The number of rotatable bonds is 8. The summed E-state index contributed by atoms with van der Waals surface area (Å²) in [6, 6.07) is 10.4. The van der Waals surface area contributed by atoms with Gasteiger partial charge in [-0.05, 0) is 37.2 Å². The van der Waals surface area contributed by atoms with Gasteiger partial charge in [-0.3, -0.25) is 0 Å². The van der Waals surface area contributed by atoms with Gasteiger partial charge in [-0.15, -0.1) is 24.0 Å². The minimum absolute atomic E-state index is 0. The van der Waals surface area contributed by atoms with Gasteiger partial charge in [0, 0.05) is 33.9 Å². The van der Waals surface area contributed by atoms with Crippen molar-refractivity contribution in [2.24, 2.45) is 10.4 Å². The van der Waals surface area contributed by atoms with Crippen molar-refractivity contribution in [1.29, 1.82) is 0 Å². The van der Waals surface area contributed by atoms with Gasteiger partial charge in [0.15, 0.2) is 5.96 Å². The molecular formula is C19H32IN3O. The summed E-state index contributed by atoms with van der Waals surface area (Å²) in [4.78, 5) is 6.82. The molecule has 0 bridgehead atoms. The Morgan fingerprint density at radius 3 is 2.50 bits per heavy atom. The molecule has 1 aromatic carbocycles. The zero-order chi connectivity index (χ0) is 16.5. The lowest BCUT2D eigenvalue weighted by Crippen LogP contribution is -2.46. The molecule has 1 N–H and O–H groups in total. The second-order valence-corrected chi connectivity index (χ2v) is 6.67. The summed E-state index contributed by atoms with van der Waals surface area (Å²) in [5.74, 6) is 0.969. The molecule has 1 fully saturated rings. The lowest BCUT2D eigenvalue weighted by atomic mass is 9.67. The van der Waals surface area contributed by atoms with Crippen LogP contribution in [0.1, 0.15) is 38.2 Å². The Bertz CT molecular complexity index is 487. The van der Waals surface area contributed by atoms with Gasteiger partial charge in [0.1, 0.15) is 0 Å². The second-order valence-electron chi connectivity index (χ2n) is 6.67. The molecular weight excluding hydrogens is 413 g/mol. The third kappa shape index (κ3) is 6.59. The van der Waals surface area contributed by atoms with Gasteiger partial charge in [0.25, 0.3) is 0 Å². The van der Waals surface area contributed by atoms with Crippen molar-refractivity contribution in [3.8, 4) is 0 Å². The van der Waals surface area contributed by atoms with Crippen LogP contribution in [0.3, 0.4) is 0 Å². The maximum Gasteiger partial charge on any atom is 0.193 e. The van der Waals surface area contributed by atoms with Gasteiger partial charge in [-0.1, -0.05) is 36.8 Å². The van der Waals surface area contributed by atoms with Crippen LogP contribution >= 0.6 is 24.0 Å². The molecule has 0 saturated heterocycles. The monoisotopic (exact) mass is 445 g/mol. The van der Waals surface area contributed by atoms with E-state index in [9.17, 15) is 0 Å². The fraction of sp³-hybridized carbons (Fsp3) is 0.632. The molecule has 0 aliphatic heterocycles. The van der Waals surface area contributed by atoms with Gasteiger partial charge in [0.2, 0.25) is 0 Å². The maximum absolute atomic E-state index is 5.56. The van der Waals surface area contributed by atoms with E-state index in [1.54, 1.807) is 0 Å². The highest BCUT2D eigenvalue weighted by molar-refractivity contribution is 14.0. The molecule has 0 heterocycles. The fourth-order valence-electron chi connectivity index (χ4n) is 3.00. The highest BCUT2D eigenvalue weighted by Crippen LogP contribution is 2.43. The number of hydrogen-bond acceptors (Lipinski definition) is 2. The van der Waals surface area contributed by atoms with Gasteiger partial charge < -0.3 is 15.0 Å². The van der Waals surface area contributed by atoms with Crippen molar-refractivity contribution < 1.29 is 4.74 Å². The lowest BCUT2D eigenvalue weighted by Gasteiger charge is -2.42. The third-order valence-electron chi connectivity index (χ3n) is 4.69. The number of hydrogen-bond donors (Lipinski definition) is 1. The van der Waals surface area contributed by atoms with Crippen LogP contribution in [0.5, 0.6) is 0 Å². The first-order chi connectivity index (χ1) is 11.2. The molecule has 1 aromatic rings. The lowest BCUT2D eigenvalue weighted by molar-refractivity contribution is 0.0569. The summed E-state index contributed by atoms with van der Waals surface area (Å²) in [6.45, 7) is 5.45. The van der Waals surface area contributed by atoms with Crippen LogP contribution < -0.4 is 5.32 Å². The topological polar surface area (TPSA) is 36.9 Å². The first-order valence-corrected chi connectivity index (χ1v) is 8.72. The smallest absolute Gasteiger partial charge is 0.193 e. The molecule has 4 nitrogen and oxygen atoms in total. The molecule has 0 spiro atoms. The van der Waals surface area contributed by atoms with Gasteiger partial charge in [-0.25, -0.2) is 4.99 Å². The Morgan fingerprint density at radius 2 is 1.96 bits per heavy atom. The second kappa shape index (κ2) is 10.9. The van der Waals surface area contributed by atoms with E-state index in [4.69, 9.17) is 9.73 Å². The van der Waals surface area contributed by atoms with Crippen molar-refractivity contribution in [2.75, 3.05) is 33.9 Å². The van der Waals surface area contributed by atoms with Gasteiger partial charge in [-0.2, -0.15) is 0 Å². The molecule has 0 aromatic heterocycles. The van der Waals surface area contributed by atoms with Crippen molar-refractivity contribution in [3.63, 3.8) is 0 Å². The SMILES string of the molecule is CCOCCC1(CNC(=NCc2ccccc2)N(C)C)CCC1.I. The van der Waals surface area contributed by atoms with Crippen LogP contribution in [0, 0.1) is 5.41 Å². The molecule has 0 atom stereocenters. The van der Waals surface area contributed by atoms with Crippen LogP contribution in [0.2, 0.25) is 0 Å². The fourth-order valence-corrected chi connectivity index (χ4v) is 3.00. The summed E-state index contributed by atoms with van der Waals surface area (Å²) >= 11 is 0. The molecule has 2 rings (SSSR count). The van der Waals surface area contributed by atoms with E-state index in [0.29, 0.717) is 12.0 Å². The Labute approximate surface area is 164 Å². The van der Waals surface area contributed by atoms with E-state index in [0.717, 1.165) is 32.1 Å². The molecule has 136 valence electrons. The van der Waals surface area contributed by atoms with E-state index in [-0.39, 0.29) is 24.0 Å². The van der Waals surface area contributed by atoms with Crippen molar-refractivity contribution in [1.82, 2.24) is 10.2 Å². The largest absolute Gasteiger partial charge is 0.382 e. The summed E-state index contributed by atoms with van der Waals surface area (Å²) in [5, 5.41) is 3.58. The minimum Gasteiger partial charge on any atom is -0.382 e. The van der Waals surface area contributed by atoms with Gasteiger partial charge in [0.05, 0.1) is 6.54 Å². The van der Waals surface area contributed by atoms with Crippen molar-refractivity contribution in [3.05, 3.63) is 35.9 Å². The molecule has 1 aliphatic carbocycles. The minimum atomic E-state index is 0. The average molecular weight is 445 g/mol. The normalized spacial score (nSPS) is 16.0. The Hall–Kier alpha value is -0.820. The zero-order valence-electron chi connectivity index (χ0n) is 15.3. The summed E-state index contributed by atoms with van der Waals surface area (Å²) in [6.07, 6.45) is 5.08. The maximum atomic E-state index is 5.56. The number of nitrogens with zero attached hydrogens (tertiary/aromatic N) is 2. The summed E-state index contributed by atoms with van der Waals surface area (Å²) < 4.78 is 5.56. The molecule has 24 heavy (non-hydrogen) atoms. The molecule has 1 saturated carbocycles. The third-order valence-corrected chi connectivity index (χ3v) is 4.69. The predicted molar refractivity (Wildman–Crippen MR) is 112 cm³/mol. The van der Waals surface area contributed by atoms with E-state index < -0.39 is 0 Å². The Balaban J connectivity index is 0.00000288. The van der Waals surface area contributed by atoms with E-state index in [1.807, 2.05) is 20.2 Å². The Kier molecular flexibility index (Phi) is 9.66. The standard InChI is InChI=1S/C19H31N3O.HI/c1-4-23-14-13-19(11-8-12-19)16-21-18(22(2)3)20-15-17-9-6-5-7-10-17;/h5-7,9-10H,4,8,11-16H2,1-3H3,(H,20,21);1H. The van der Waals surface area contributed by atoms with Crippen LogP contribution in [-0.2, 0) is 11.3 Å². The highest BCUT2D eigenvalue weighted by atomic mass is 127. The van der Waals surface area contributed by atoms with Crippen molar-refractivity contribution >= 4 is 29.9 Å². The predicted octanol–water partition coefficient (Wildman–Crippen LogP) is 3.91. The van der Waals surface area contributed by atoms with Gasteiger partial charge >= 0.3 is 0 Å².